The first kappa shape index (κ1) is 22.3. The zero-order valence-electron chi connectivity index (χ0n) is 17.5. The summed E-state index contributed by atoms with van der Waals surface area (Å²) in [4.78, 5) is 35.5. The van der Waals surface area contributed by atoms with Crippen LogP contribution < -0.4 is 0 Å². The Morgan fingerprint density at radius 1 is 1.10 bits per heavy atom. The Kier molecular flexibility index (Phi) is 8.25. The van der Waals surface area contributed by atoms with Gasteiger partial charge in [-0.2, -0.15) is 0 Å². The molecule has 1 aromatic carbocycles. The van der Waals surface area contributed by atoms with Crippen LogP contribution in [0.2, 0.25) is 0 Å². The molecule has 3 rings (SSSR count). The molecule has 30 heavy (non-hydrogen) atoms. The van der Waals surface area contributed by atoms with E-state index in [-0.39, 0.29) is 11.9 Å². The molecule has 1 aromatic heterocycles. The van der Waals surface area contributed by atoms with Gasteiger partial charge in [-0.1, -0.05) is 42.1 Å². The number of hydrogen-bond acceptors (Lipinski definition) is 6. The van der Waals surface area contributed by atoms with Crippen molar-refractivity contribution in [2.75, 3.05) is 25.4 Å². The average molecular weight is 428 g/mol. The van der Waals surface area contributed by atoms with Crippen molar-refractivity contribution in [2.45, 2.75) is 44.2 Å². The molecule has 0 unspecified atom stereocenters. The lowest BCUT2D eigenvalue weighted by atomic mass is 9.74. The number of esters is 1. The third-order valence-electron chi connectivity index (χ3n) is 5.61. The summed E-state index contributed by atoms with van der Waals surface area (Å²) in [5.74, 6) is 0.260. The molecule has 1 aliphatic rings. The van der Waals surface area contributed by atoms with Crippen molar-refractivity contribution in [3.8, 4) is 0 Å². The molecule has 6 nitrogen and oxygen atoms in total. The number of rotatable bonds is 9. The second kappa shape index (κ2) is 11.1. The second-order valence-corrected chi connectivity index (χ2v) is 8.48. The standard InChI is InChI=1S/C23H29N3O3S/c1-2-29-21(28)23(11-6-10-19-8-4-3-5-9-19)12-16-26(17-13-23)20(27)18-30-22-24-14-7-15-25-22/h3-5,7-9,14-15H,2,6,10-13,16-18H2,1H3. The minimum Gasteiger partial charge on any atom is -0.466 e. The SMILES string of the molecule is CCOC(=O)C1(CCCc2ccccc2)CCN(C(=O)CSc2ncccn2)CC1. The van der Waals surface area contributed by atoms with Gasteiger partial charge in [-0.3, -0.25) is 9.59 Å². The first-order valence-electron chi connectivity index (χ1n) is 10.5. The third kappa shape index (κ3) is 6.05. The topological polar surface area (TPSA) is 72.4 Å². The van der Waals surface area contributed by atoms with Crippen molar-refractivity contribution in [1.29, 1.82) is 0 Å². The van der Waals surface area contributed by atoms with Gasteiger partial charge in [0, 0.05) is 25.5 Å². The van der Waals surface area contributed by atoms with E-state index in [4.69, 9.17) is 4.74 Å². The number of amides is 1. The van der Waals surface area contributed by atoms with Crippen LogP contribution in [0.25, 0.3) is 0 Å². The van der Waals surface area contributed by atoms with E-state index in [0.717, 1.165) is 19.3 Å². The number of likely N-dealkylation sites (tertiary alicyclic amines) is 1. The molecule has 0 atom stereocenters. The molecule has 2 aromatic rings. The van der Waals surface area contributed by atoms with Crippen LogP contribution in [0, 0.1) is 5.41 Å². The van der Waals surface area contributed by atoms with E-state index >= 15 is 0 Å². The minimum atomic E-state index is -0.489. The van der Waals surface area contributed by atoms with E-state index in [0.29, 0.717) is 43.4 Å². The Morgan fingerprint density at radius 3 is 2.47 bits per heavy atom. The molecule has 1 fully saturated rings. The number of aryl methyl sites for hydroxylation is 1. The number of ether oxygens (including phenoxy) is 1. The Morgan fingerprint density at radius 2 is 1.80 bits per heavy atom. The molecule has 0 aliphatic carbocycles. The number of benzene rings is 1. The van der Waals surface area contributed by atoms with Crippen LogP contribution in [-0.2, 0) is 20.7 Å². The second-order valence-electron chi connectivity index (χ2n) is 7.54. The highest BCUT2D eigenvalue weighted by Crippen LogP contribution is 2.38. The van der Waals surface area contributed by atoms with Crippen molar-refractivity contribution < 1.29 is 14.3 Å². The molecule has 160 valence electrons. The van der Waals surface area contributed by atoms with Crippen LogP contribution in [0.5, 0.6) is 0 Å². The lowest BCUT2D eigenvalue weighted by molar-refractivity contribution is -0.160. The summed E-state index contributed by atoms with van der Waals surface area (Å²) in [6.45, 7) is 3.39. The number of carbonyl (C=O) groups excluding carboxylic acids is 2. The fourth-order valence-corrected chi connectivity index (χ4v) is 4.58. The predicted molar refractivity (Wildman–Crippen MR) is 117 cm³/mol. The fourth-order valence-electron chi connectivity index (χ4n) is 3.88. The molecule has 1 saturated heterocycles. The maximum absolute atomic E-state index is 12.8. The summed E-state index contributed by atoms with van der Waals surface area (Å²) in [6.07, 6.45) is 7.30. The van der Waals surface area contributed by atoms with Gasteiger partial charge in [-0.05, 0) is 50.7 Å². The molecule has 2 heterocycles. The summed E-state index contributed by atoms with van der Waals surface area (Å²) >= 11 is 1.34. The van der Waals surface area contributed by atoms with Crippen molar-refractivity contribution in [3.05, 3.63) is 54.4 Å². The molecule has 1 amide bonds. The maximum atomic E-state index is 12.8. The van der Waals surface area contributed by atoms with Gasteiger partial charge < -0.3 is 9.64 Å². The Labute approximate surface area is 182 Å². The highest BCUT2D eigenvalue weighted by atomic mass is 32.2. The molecular weight excluding hydrogens is 398 g/mol. The van der Waals surface area contributed by atoms with Crippen LogP contribution in [0.1, 0.15) is 38.2 Å². The van der Waals surface area contributed by atoms with E-state index in [9.17, 15) is 9.59 Å². The number of hydrogen-bond donors (Lipinski definition) is 0. The van der Waals surface area contributed by atoms with Crippen LogP contribution in [0.3, 0.4) is 0 Å². The normalized spacial score (nSPS) is 15.6. The van der Waals surface area contributed by atoms with E-state index < -0.39 is 5.41 Å². The summed E-state index contributed by atoms with van der Waals surface area (Å²) < 4.78 is 5.43. The number of carbonyl (C=O) groups is 2. The van der Waals surface area contributed by atoms with E-state index in [1.54, 1.807) is 18.5 Å². The van der Waals surface area contributed by atoms with Gasteiger partial charge in [-0.15, -0.1) is 0 Å². The van der Waals surface area contributed by atoms with Crippen molar-refractivity contribution >= 4 is 23.6 Å². The van der Waals surface area contributed by atoms with Crippen LogP contribution >= 0.6 is 11.8 Å². The van der Waals surface area contributed by atoms with Gasteiger partial charge in [0.25, 0.3) is 0 Å². The maximum Gasteiger partial charge on any atom is 0.312 e. The van der Waals surface area contributed by atoms with Gasteiger partial charge >= 0.3 is 5.97 Å². The van der Waals surface area contributed by atoms with Crippen LogP contribution in [0.15, 0.2) is 53.9 Å². The van der Waals surface area contributed by atoms with Crippen molar-refractivity contribution in [2.24, 2.45) is 5.41 Å². The van der Waals surface area contributed by atoms with E-state index in [1.807, 2.05) is 30.0 Å². The summed E-state index contributed by atoms with van der Waals surface area (Å²) in [5, 5.41) is 0.602. The van der Waals surface area contributed by atoms with Crippen molar-refractivity contribution in [3.63, 3.8) is 0 Å². The largest absolute Gasteiger partial charge is 0.466 e. The Bertz CT molecular complexity index is 809. The van der Waals surface area contributed by atoms with Gasteiger partial charge in [0.1, 0.15) is 0 Å². The van der Waals surface area contributed by atoms with Gasteiger partial charge in [0.15, 0.2) is 5.16 Å². The number of nitrogens with zero attached hydrogens (tertiary/aromatic N) is 3. The van der Waals surface area contributed by atoms with Crippen molar-refractivity contribution in [1.82, 2.24) is 14.9 Å². The first-order valence-corrected chi connectivity index (χ1v) is 11.5. The third-order valence-corrected chi connectivity index (χ3v) is 6.47. The number of aromatic nitrogens is 2. The van der Waals surface area contributed by atoms with Gasteiger partial charge in [0.2, 0.25) is 5.91 Å². The zero-order chi connectivity index (χ0) is 21.2. The van der Waals surface area contributed by atoms with Crippen LogP contribution in [0.4, 0.5) is 0 Å². The summed E-state index contributed by atoms with van der Waals surface area (Å²) in [6, 6.07) is 12.1. The molecule has 0 radical (unpaired) electrons. The first-order chi connectivity index (χ1) is 14.6. The summed E-state index contributed by atoms with van der Waals surface area (Å²) in [5.41, 5.74) is 0.793. The average Bonchev–Trinajstić information content (AvgIpc) is 2.79. The monoisotopic (exact) mass is 427 g/mol. The predicted octanol–water partition coefficient (Wildman–Crippen LogP) is 3.76. The number of piperidine rings is 1. The fraction of sp³-hybridized carbons (Fsp3) is 0.478. The minimum absolute atomic E-state index is 0.0641. The van der Waals surface area contributed by atoms with Gasteiger partial charge in [0.05, 0.1) is 17.8 Å². The van der Waals surface area contributed by atoms with E-state index in [2.05, 4.69) is 22.1 Å². The highest BCUT2D eigenvalue weighted by molar-refractivity contribution is 7.99. The zero-order valence-corrected chi connectivity index (χ0v) is 18.3. The lowest BCUT2D eigenvalue weighted by Gasteiger charge is -2.40. The quantitative estimate of drug-likeness (QED) is 0.345. The van der Waals surface area contributed by atoms with Crippen LogP contribution in [-0.4, -0.2) is 52.2 Å². The van der Waals surface area contributed by atoms with E-state index in [1.165, 1.54) is 17.3 Å². The summed E-state index contributed by atoms with van der Waals surface area (Å²) in [7, 11) is 0. The molecular formula is C23H29N3O3S. The molecule has 0 saturated carbocycles. The highest BCUT2D eigenvalue weighted by Gasteiger charge is 2.42. The lowest BCUT2D eigenvalue weighted by Crippen LogP contribution is -2.47. The number of thioether (sulfide) groups is 1. The molecule has 7 heteroatoms. The smallest absolute Gasteiger partial charge is 0.312 e. The molecule has 0 N–H and O–H groups in total. The van der Waals surface area contributed by atoms with Gasteiger partial charge in [-0.25, -0.2) is 9.97 Å². The molecule has 1 aliphatic heterocycles. The Balaban J connectivity index is 1.54. The Hall–Kier alpha value is -2.41. The molecule has 0 bridgehead atoms. The molecule has 0 spiro atoms.